The lowest BCUT2D eigenvalue weighted by molar-refractivity contribution is -0.0281. The van der Waals surface area contributed by atoms with Crippen molar-refractivity contribution in [2.45, 2.75) is 49.4 Å². The molecule has 1 nitrogen and oxygen atoms in total. The summed E-state index contributed by atoms with van der Waals surface area (Å²) in [6, 6.07) is 102. The van der Waals surface area contributed by atoms with Crippen LogP contribution in [-0.2, 0) is 10.8 Å². The van der Waals surface area contributed by atoms with Crippen LogP contribution in [0.3, 0.4) is 0 Å². The van der Waals surface area contributed by atoms with Crippen molar-refractivity contribution in [1.82, 2.24) is 0 Å². The van der Waals surface area contributed by atoms with Crippen LogP contribution < -0.4 is 25.6 Å². The van der Waals surface area contributed by atoms with Crippen molar-refractivity contribution in [1.29, 1.82) is 0 Å². The summed E-state index contributed by atoms with van der Waals surface area (Å²) < 4.78 is 0. The van der Waals surface area contributed by atoms with Crippen molar-refractivity contribution in [2.24, 2.45) is 11.8 Å². The molecule has 0 N–H and O–H groups in total. The standard InChI is InChI=1S/C70H59NSi/c1-6-16-54(17-7-1)55-26-28-56(29-27-55)58-32-40-63(41-33-58)71(62-18-8-2-9-19-62)64-42-34-59(35-43-64)57-30-36-60(37-31-57)69-47-52-46-53(48-69)50-70(49-52,51-69)61-38-44-68(45-39-61)72(65-20-10-3-11-21-65,66-22-12-4-13-23-66)67-24-14-5-15-25-67/h1-45,52-53H,46-51H2. The third-order valence-corrected chi connectivity index (χ3v) is 21.8. The van der Waals surface area contributed by atoms with Crippen molar-refractivity contribution in [3.63, 3.8) is 0 Å². The van der Waals surface area contributed by atoms with Crippen LogP contribution in [0.4, 0.5) is 17.1 Å². The molecule has 14 rings (SSSR count). The number of hydrogen-bond donors (Lipinski definition) is 0. The van der Waals surface area contributed by atoms with Gasteiger partial charge in [0, 0.05) is 17.1 Å². The monoisotopic (exact) mass is 941 g/mol. The van der Waals surface area contributed by atoms with E-state index in [-0.39, 0.29) is 10.8 Å². The van der Waals surface area contributed by atoms with Crippen LogP contribution in [-0.4, -0.2) is 8.07 Å². The molecule has 72 heavy (non-hydrogen) atoms. The van der Waals surface area contributed by atoms with Gasteiger partial charge in [-0.3, -0.25) is 0 Å². The highest BCUT2D eigenvalue weighted by molar-refractivity contribution is 7.19. The topological polar surface area (TPSA) is 3.24 Å². The summed E-state index contributed by atoms with van der Waals surface area (Å²) in [5.74, 6) is 1.56. The molecular formula is C70H59NSi. The first-order valence-corrected chi connectivity index (χ1v) is 28.2. The van der Waals surface area contributed by atoms with E-state index in [4.69, 9.17) is 0 Å². The van der Waals surface area contributed by atoms with Gasteiger partial charge >= 0.3 is 0 Å². The van der Waals surface area contributed by atoms with Gasteiger partial charge in [0.15, 0.2) is 8.07 Å². The van der Waals surface area contributed by atoms with Gasteiger partial charge in [0.2, 0.25) is 0 Å². The van der Waals surface area contributed by atoms with E-state index in [9.17, 15) is 0 Å². The Hall–Kier alpha value is -7.78. The SMILES string of the molecule is c1ccc(-c2ccc(-c3ccc(N(c4ccccc4)c4ccc(-c5ccc(C67CC8CC(C6)CC(c6ccc([Si](c9ccccc9)(c9ccccc9)c9ccccc9)cc6)(C8)C7)cc5)cc4)cc3)cc2)cc1. The summed E-state index contributed by atoms with van der Waals surface area (Å²) in [6.07, 6.45) is 7.92. The number of nitrogens with zero attached hydrogens (tertiary/aromatic N) is 1. The molecule has 2 unspecified atom stereocenters. The maximum absolute atomic E-state index is 2.58. The van der Waals surface area contributed by atoms with Gasteiger partial charge in [-0.05, 0) is 163 Å². The van der Waals surface area contributed by atoms with E-state index in [1.807, 2.05) is 0 Å². The van der Waals surface area contributed by atoms with Crippen LogP contribution >= 0.6 is 0 Å². The first kappa shape index (κ1) is 44.2. The first-order valence-electron chi connectivity index (χ1n) is 26.2. The molecule has 10 aromatic carbocycles. The maximum atomic E-state index is 2.57. The van der Waals surface area contributed by atoms with E-state index in [0.29, 0.717) is 0 Å². The zero-order valence-electron chi connectivity index (χ0n) is 40.8. The predicted octanol–water partition coefficient (Wildman–Crippen LogP) is 15.3. The minimum absolute atomic E-state index is 0.215. The van der Waals surface area contributed by atoms with Crippen molar-refractivity contribution in [3.8, 4) is 33.4 Å². The molecule has 0 spiro atoms. The summed E-state index contributed by atoms with van der Waals surface area (Å²) in [5.41, 5.74) is 14.4. The predicted molar refractivity (Wildman–Crippen MR) is 306 cm³/mol. The Morgan fingerprint density at radius 1 is 0.278 bits per heavy atom. The number of rotatable bonds is 12. The van der Waals surface area contributed by atoms with Crippen LogP contribution in [0.25, 0.3) is 33.4 Å². The second kappa shape index (κ2) is 18.4. The van der Waals surface area contributed by atoms with E-state index in [1.54, 1.807) is 11.1 Å². The summed E-state index contributed by atoms with van der Waals surface area (Å²) in [7, 11) is -2.58. The summed E-state index contributed by atoms with van der Waals surface area (Å²) in [4.78, 5) is 2.36. The van der Waals surface area contributed by atoms with Crippen molar-refractivity contribution in [3.05, 3.63) is 284 Å². The van der Waals surface area contributed by atoms with Gasteiger partial charge in [0.05, 0.1) is 0 Å². The molecule has 2 heteroatoms. The molecule has 0 heterocycles. The van der Waals surface area contributed by atoms with Crippen LogP contribution in [0.1, 0.15) is 49.7 Å². The fraction of sp³-hybridized carbons (Fsp3) is 0.143. The lowest BCUT2D eigenvalue weighted by atomic mass is 9.42. The Morgan fingerprint density at radius 3 is 0.944 bits per heavy atom. The smallest absolute Gasteiger partial charge is 0.179 e. The zero-order chi connectivity index (χ0) is 48.0. The molecule has 0 aromatic heterocycles. The molecular weight excluding hydrogens is 883 g/mol. The molecule has 0 aliphatic heterocycles. The summed E-state index contributed by atoms with van der Waals surface area (Å²) in [6.45, 7) is 0. The third-order valence-electron chi connectivity index (χ3n) is 17.0. The average molecular weight is 942 g/mol. The molecule has 4 bridgehead atoms. The number of hydrogen-bond acceptors (Lipinski definition) is 1. The Balaban J connectivity index is 0.768. The Kier molecular flexibility index (Phi) is 11.3. The van der Waals surface area contributed by atoms with Crippen molar-refractivity contribution in [2.75, 3.05) is 4.90 Å². The lowest BCUT2D eigenvalue weighted by Crippen LogP contribution is -2.74. The molecule has 0 radical (unpaired) electrons. The first-order chi connectivity index (χ1) is 35.6. The quantitative estimate of drug-likeness (QED) is 0.0871. The third kappa shape index (κ3) is 7.86. The van der Waals surface area contributed by atoms with E-state index >= 15 is 0 Å². The van der Waals surface area contributed by atoms with Crippen molar-refractivity contribution < 1.29 is 0 Å². The minimum atomic E-state index is -2.58. The molecule has 0 saturated heterocycles. The van der Waals surface area contributed by atoms with Gasteiger partial charge in [-0.15, -0.1) is 0 Å². The number of para-hydroxylation sites is 1. The van der Waals surface area contributed by atoms with Gasteiger partial charge < -0.3 is 4.90 Å². The highest BCUT2D eigenvalue weighted by atomic mass is 28.3. The lowest BCUT2D eigenvalue weighted by Gasteiger charge is -2.63. The van der Waals surface area contributed by atoms with E-state index in [0.717, 1.165) is 28.9 Å². The van der Waals surface area contributed by atoms with E-state index < -0.39 is 8.07 Å². The second-order valence-electron chi connectivity index (χ2n) is 21.2. The van der Waals surface area contributed by atoms with Crippen LogP contribution in [0.15, 0.2) is 273 Å². The maximum Gasteiger partial charge on any atom is 0.179 e. The second-order valence-corrected chi connectivity index (χ2v) is 25.0. The molecule has 4 aliphatic carbocycles. The largest absolute Gasteiger partial charge is 0.311 e. The highest BCUT2D eigenvalue weighted by Crippen LogP contribution is 2.66. The van der Waals surface area contributed by atoms with Gasteiger partial charge in [-0.25, -0.2) is 0 Å². The normalized spacial score (nSPS) is 20.0. The van der Waals surface area contributed by atoms with E-state index in [1.165, 1.54) is 92.7 Å². The zero-order valence-corrected chi connectivity index (χ0v) is 41.8. The summed E-state index contributed by atoms with van der Waals surface area (Å²) in [5, 5.41) is 5.75. The molecule has 348 valence electrons. The Morgan fingerprint density at radius 2 is 0.556 bits per heavy atom. The van der Waals surface area contributed by atoms with Gasteiger partial charge in [-0.1, -0.05) is 237 Å². The van der Waals surface area contributed by atoms with Gasteiger partial charge in [-0.2, -0.15) is 0 Å². The molecule has 4 aliphatic rings. The molecule has 10 aromatic rings. The van der Waals surface area contributed by atoms with Crippen LogP contribution in [0.2, 0.25) is 0 Å². The van der Waals surface area contributed by atoms with Crippen molar-refractivity contribution >= 4 is 45.9 Å². The van der Waals surface area contributed by atoms with E-state index in [2.05, 4.69) is 278 Å². The number of anilines is 3. The molecule has 4 fully saturated rings. The number of benzene rings is 10. The Labute approximate surface area is 427 Å². The van der Waals surface area contributed by atoms with Crippen LogP contribution in [0, 0.1) is 11.8 Å². The summed E-state index contributed by atoms with van der Waals surface area (Å²) >= 11 is 0. The highest BCUT2D eigenvalue weighted by Gasteiger charge is 2.58. The van der Waals surface area contributed by atoms with Gasteiger partial charge in [0.1, 0.15) is 0 Å². The molecule has 2 atom stereocenters. The average Bonchev–Trinajstić information content (AvgIpc) is 3.45. The Bertz CT molecular complexity index is 3300. The molecule has 0 amide bonds. The fourth-order valence-corrected chi connectivity index (χ4v) is 19.0. The molecule has 4 saturated carbocycles. The minimum Gasteiger partial charge on any atom is -0.311 e. The van der Waals surface area contributed by atoms with Gasteiger partial charge in [0.25, 0.3) is 0 Å². The van der Waals surface area contributed by atoms with Crippen LogP contribution in [0.5, 0.6) is 0 Å². The fourth-order valence-electron chi connectivity index (χ4n) is 14.2.